The van der Waals surface area contributed by atoms with E-state index in [1.54, 1.807) is 45.2 Å². The van der Waals surface area contributed by atoms with Crippen LogP contribution >= 0.6 is 0 Å². The Kier molecular flexibility index (Phi) is 8.38. The van der Waals surface area contributed by atoms with Crippen LogP contribution in [0.15, 0.2) is 53.4 Å². The molecule has 0 amide bonds. The monoisotopic (exact) mass is 489 g/mol. The third-order valence-electron chi connectivity index (χ3n) is 6.37. The lowest BCUT2D eigenvalue weighted by Crippen LogP contribution is -2.51. The van der Waals surface area contributed by atoms with Crippen molar-refractivity contribution < 1.29 is 27.4 Å². The van der Waals surface area contributed by atoms with Gasteiger partial charge in [0.2, 0.25) is 10.0 Å². The van der Waals surface area contributed by atoms with Crippen LogP contribution in [0.2, 0.25) is 0 Å². The molecule has 2 atom stereocenters. The predicted molar refractivity (Wildman–Crippen MR) is 130 cm³/mol. The highest BCUT2D eigenvalue weighted by Gasteiger charge is 2.42. The van der Waals surface area contributed by atoms with Crippen molar-refractivity contribution in [1.29, 1.82) is 0 Å². The second-order valence-corrected chi connectivity index (χ2v) is 11.4. The molecule has 0 saturated carbocycles. The molecule has 0 aromatic heterocycles. The van der Waals surface area contributed by atoms with Gasteiger partial charge in [-0.3, -0.25) is 4.79 Å². The van der Waals surface area contributed by atoms with Crippen LogP contribution in [-0.4, -0.2) is 51.6 Å². The van der Waals surface area contributed by atoms with Gasteiger partial charge < -0.3 is 14.2 Å². The Labute approximate surface area is 203 Å². The van der Waals surface area contributed by atoms with Gasteiger partial charge in [-0.05, 0) is 69.9 Å². The highest BCUT2D eigenvalue weighted by atomic mass is 32.2. The highest BCUT2D eigenvalue weighted by Crippen LogP contribution is 2.35. The second kappa shape index (κ2) is 10.9. The Morgan fingerprint density at radius 2 is 1.68 bits per heavy atom. The predicted octanol–water partition coefficient (Wildman–Crippen LogP) is 4.33. The molecule has 1 aliphatic heterocycles. The summed E-state index contributed by atoms with van der Waals surface area (Å²) in [6.07, 6.45) is 1.42. The van der Waals surface area contributed by atoms with Gasteiger partial charge in [0.15, 0.2) is 0 Å². The van der Waals surface area contributed by atoms with Gasteiger partial charge in [-0.25, -0.2) is 8.42 Å². The number of hydrogen-bond donors (Lipinski definition) is 0. The van der Waals surface area contributed by atoms with Crippen molar-refractivity contribution in [2.45, 2.75) is 63.7 Å². The van der Waals surface area contributed by atoms with Crippen molar-refractivity contribution in [3.8, 4) is 5.75 Å². The van der Waals surface area contributed by atoms with E-state index in [-0.39, 0.29) is 29.6 Å². The number of methoxy groups -OCH3 is 2. The summed E-state index contributed by atoms with van der Waals surface area (Å²) >= 11 is 0. The molecule has 1 fully saturated rings. The zero-order valence-electron chi connectivity index (χ0n) is 20.6. The SMILES string of the molecule is COC(=O)C(C)(C)C[C@@H]1CC[C@@H](OCc2ccc(OC)cc2)CN1S(=O)(=O)c1ccc(C)cc1. The molecule has 186 valence electrons. The molecule has 1 heterocycles. The first-order valence-corrected chi connectivity index (χ1v) is 12.9. The van der Waals surface area contributed by atoms with Crippen molar-refractivity contribution in [1.82, 2.24) is 4.31 Å². The van der Waals surface area contributed by atoms with E-state index in [1.807, 2.05) is 31.2 Å². The number of sulfonamides is 1. The summed E-state index contributed by atoms with van der Waals surface area (Å²) in [4.78, 5) is 12.6. The summed E-state index contributed by atoms with van der Waals surface area (Å²) < 4.78 is 45.1. The van der Waals surface area contributed by atoms with Gasteiger partial charge in [0.1, 0.15) is 5.75 Å². The minimum atomic E-state index is -3.77. The van der Waals surface area contributed by atoms with Crippen molar-refractivity contribution in [3.05, 3.63) is 59.7 Å². The quantitative estimate of drug-likeness (QED) is 0.488. The van der Waals surface area contributed by atoms with Crippen molar-refractivity contribution in [2.24, 2.45) is 5.41 Å². The van der Waals surface area contributed by atoms with E-state index in [0.29, 0.717) is 25.9 Å². The molecule has 0 spiro atoms. The summed E-state index contributed by atoms with van der Waals surface area (Å²) in [5.74, 6) is 0.422. The minimum absolute atomic E-state index is 0.230. The van der Waals surface area contributed by atoms with Crippen LogP contribution in [0, 0.1) is 12.3 Å². The molecular weight excluding hydrogens is 454 g/mol. The average Bonchev–Trinajstić information content (AvgIpc) is 2.83. The van der Waals surface area contributed by atoms with Crippen molar-refractivity contribution in [2.75, 3.05) is 20.8 Å². The third kappa shape index (κ3) is 6.17. The molecule has 34 heavy (non-hydrogen) atoms. The summed E-state index contributed by atoms with van der Waals surface area (Å²) in [6.45, 7) is 6.12. The van der Waals surface area contributed by atoms with E-state index in [9.17, 15) is 13.2 Å². The first-order chi connectivity index (χ1) is 16.1. The summed E-state index contributed by atoms with van der Waals surface area (Å²) in [5, 5.41) is 0. The van der Waals surface area contributed by atoms with Crippen LogP contribution in [0.3, 0.4) is 0 Å². The molecule has 0 unspecified atom stereocenters. The lowest BCUT2D eigenvalue weighted by atomic mass is 9.83. The van der Waals surface area contributed by atoms with E-state index in [0.717, 1.165) is 16.9 Å². The van der Waals surface area contributed by atoms with Crippen LogP contribution in [0.1, 0.15) is 44.2 Å². The maximum absolute atomic E-state index is 13.7. The number of esters is 1. The maximum Gasteiger partial charge on any atom is 0.311 e. The number of rotatable bonds is 9. The van der Waals surface area contributed by atoms with E-state index < -0.39 is 15.4 Å². The molecule has 1 aliphatic rings. The van der Waals surface area contributed by atoms with Crippen molar-refractivity contribution >= 4 is 16.0 Å². The fraction of sp³-hybridized carbons (Fsp3) is 0.500. The summed E-state index contributed by atoms with van der Waals surface area (Å²) in [6, 6.07) is 14.1. The van der Waals surface area contributed by atoms with E-state index in [1.165, 1.54) is 11.4 Å². The van der Waals surface area contributed by atoms with Crippen molar-refractivity contribution in [3.63, 3.8) is 0 Å². The molecule has 0 aliphatic carbocycles. The number of nitrogens with zero attached hydrogens (tertiary/aromatic N) is 1. The van der Waals surface area contributed by atoms with Crippen LogP contribution in [0.5, 0.6) is 5.75 Å². The second-order valence-electron chi connectivity index (χ2n) is 9.48. The normalized spacial score (nSPS) is 19.6. The van der Waals surface area contributed by atoms with Gasteiger partial charge in [-0.1, -0.05) is 29.8 Å². The third-order valence-corrected chi connectivity index (χ3v) is 8.30. The van der Waals surface area contributed by atoms with Crippen LogP contribution in [0.25, 0.3) is 0 Å². The molecule has 2 aromatic rings. The van der Waals surface area contributed by atoms with E-state index >= 15 is 0 Å². The standard InChI is InChI=1S/C26H35NO6S/c1-19-6-14-24(15-7-19)34(29,30)27-17-23(33-18-20-8-11-22(31-4)12-9-20)13-10-21(27)16-26(2,3)25(28)32-5/h6-9,11-12,14-15,21,23H,10,13,16-18H2,1-5H3/t21-,23+/m0/s1. The van der Waals surface area contributed by atoms with Crippen LogP contribution < -0.4 is 4.74 Å². The van der Waals surface area contributed by atoms with Gasteiger partial charge in [-0.2, -0.15) is 4.31 Å². The largest absolute Gasteiger partial charge is 0.497 e. The van der Waals surface area contributed by atoms with Gasteiger partial charge >= 0.3 is 5.97 Å². The topological polar surface area (TPSA) is 82.1 Å². The molecular formula is C26H35NO6S. The number of carbonyl (C=O) groups excluding carboxylic acids is 1. The number of aryl methyl sites for hydroxylation is 1. The first kappa shape index (κ1) is 26.2. The van der Waals surface area contributed by atoms with Crippen LogP contribution in [0.4, 0.5) is 0 Å². The maximum atomic E-state index is 13.7. The molecule has 0 N–H and O–H groups in total. The molecule has 3 rings (SSSR count). The van der Waals surface area contributed by atoms with Gasteiger partial charge in [-0.15, -0.1) is 0 Å². The minimum Gasteiger partial charge on any atom is -0.497 e. The first-order valence-electron chi connectivity index (χ1n) is 11.5. The van der Waals surface area contributed by atoms with Crippen LogP contribution in [-0.2, 0) is 30.9 Å². The molecule has 0 radical (unpaired) electrons. The van der Waals surface area contributed by atoms with Gasteiger partial charge in [0, 0.05) is 12.6 Å². The van der Waals surface area contributed by atoms with Gasteiger partial charge in [0.25, 0.3) is 0 Å². The summed E-state index contributed by atoms with van der Waals surface area (Å²) in [7, 11) is -0.797. The highest BCUT2D eigenvalue weighted by molar-refractivity contribution is 7.89. The fourth-order valence-electron chi connectivity index (χ4n) is 4.33. The lowest BCUT2D eigenvalue weighted by molar-refractivity contribution is -0.152. The van der Waals surface area contributed by atoms with E-state index in [4.69, 9.17) is 14.2 Å². The average molecular weight is 490 g/mol. The number of hydrogen-bond acceptors (Lipinski definition) is 6. The lowest BCUT2D eigenvalue weighted by Gasteiger charge is -2.41. The Bertz CT molecular complexity index is 1060. The van der Waals surface area contributed by atoms with E-state index in [2.05, 4.69) is 0 Å². The zero-order chi connectivity index (χ0) is 24.9. The Morgan fingerprint density at radius 3 is 2.26 bits per heavy atom. The number of ether oxygens (including phenoxy) is 3. The van der Waals surface area contributed by atoms with Gasteiger partial charge in [0.05, 0.1) is 37.2 Å². The fourth-order valence-corrected chi connectivity index (χ4v) is 6.01. The molecule has 0 bridgehead atoms. The Balaban J connectivity index is 1.81. The Morgan fingerprint density at radius 1 is 1.03 bits per heavy atom. The number of carbonyl (C=O) groups is 1. The molecule has 8 heteroatoms. The molecule has 2 aromatic carbocycles. The number of benzene rings is 2. The summed E-state index contributed by atoms with van der Waals surface area (Å²) in [5.41, 5.74) is 1.17. The number of piperidine rings is 1. The smallest absolute Gasteiger partial charge is 0.311 e. The Hall–Kier alpha value is -2.42. The molecule has 1 saturated heterocycles. The zero-order valence-corrected chi connectivity index (χ0v) is 21.4. The molecule has 7 nitrogen and oxygen atoms in total.